The fourth-order valence-electron chi connectivity index (χ4n) is 17.5. The Morgan fingerprint density at radius 3 is 1.21 bits per heavy atom. The van der Waals surface area contributed by atoms with Crippen LogP contribution in [0.15, 0.2) is 121 Å². The second-order valence-corrected chi connectivity index (χ2v) is 35.2. The first-order chi connectivity index (χ1) is 51.6. The molecule has 0 atom stereocenters. The highest BCUT2D eigenvalue weighted by molar-refractivity contribution is 7.26. The maximum atomic E-state index is 7.22. The molecule has 105 heavy (non-hydrogen) atoms. The molecule has 11 aromatic rings. The molecular weight excluding hydrogens is 1390 g/mol. The Labute approximate surface area is 645 Å². The molecule has 0 radical (unpaired) electrons. The molecular formula is C93H106N2O5S5. The standard InChI is InChI=1S/C93H106N2O5S5/c1-9-14-19-24-25-30-51-96-82-61(7)78(80-81(95-105-94-80)79(82)91-84-83(62(8)102-91)97-52-53-98-84)90-86-85(99-54-55-100-86)89(104-90)77-59-76-88(103-77)72-58-73-71(57-74(72)93(76,69-47-39-65(40-48-69)33-28-22-17-12-4)70-49-41-66(42-50-70)34-29-23-18-13-5)87-75(56-60(6)101-87)92(73,67-43-35-63(36-44-67)31-26-20-15-10-2)68-45-37-64(38-46-68)32-27-21-16-11-3/h35-50,56-59H,9-34,51-55H2,1-8H3. The third-order valence-corrected chi connectivity index (χ3v) is 28.2. The Balaban J connectivity index is 0.955. The maximum absolute atomic E-state index is 7.22. The first-order valence-electron chi connectivity index (χ1n) is 40.2. The molecule has 0 N–H and O–H groups in total. The summed E-state index contributed by atoms with van der Waals surface area (Å²) >= 11 is 8.63. The summed E-state index contributed by atoms with van der Waals surface area (Å²) in [6, 6.07) is 50.3. The predicted molar refractivity (Wildman–Crippen MR) is 446 cm³/mol. The van der Waals surface area contributed by atoms with Gasteiger partial charge in [0.2, 0.25) is 0 Å². The topological polar surface area (TPSA) is 71.9 Å². The fourth-order valence-corrected chi connectivity index (χ4v) is 22.9. The van der Waals surface area contributed by atoms with Crippen molar-refractivity contribution in [1.82, 2.24) is 8.75 Å². The fraction of sp³-hybridized carbons (Fsp3) is 0.441. The number of nitrogens with zero attached hydrogens (tertiary/aromatic N) is 2. The molecule has 0 spiro atoms. The zero-order valence-corrected chi connectivity index (χ0v) is 67.5. The second kappa shape index (κ2) is 33.2. The van der Waals surface area contributed by atoms with Gasteiger partial charge in [-0.05, 0) is 181 Å². The summed E-state index contributed by atoms with van der Waals surface area (Å²) in [5, 5.41) is 0. The lowest BCUT2D eigenvalue weighted by molar-refractivity contribution is 0.173. The van der Waals surface area contributed by atoms with Crippen LogP contribution >= 0.6 is 57.1 Å². The van der Waals surface area contributed by atoms with E-state index in [1.165, 1.54) is 233 Å². The lowest BCUT2D eigenvalue weighted by Crippen LogP contribution is -2.30. The SMILES string of the molecule is CCCCCCCCOc1c(C)c(-c2sc(-c3cc4c(s3)-c3cc5c(cc3C4(c3ccc(CCCCCC)cc3)c3ccc(CCCCCC)cc3)-c3sc(C)cc3C5(c3ccc(CCCCCC)cc3)c3ccc(CCCCCC)cc3)c3c2OCCO3)c2nsnc2c1-c1sc(C)c2c1OCCO2. The first kappa shape index (κ1) is 73.5. The second-order valence-electron chi connectivity index (χ2n) is 30.2. The summed E-state index contributed by atoms with van der Waals surface area (Å²) in [4.78, 5) is 9.31. The van der Waals surface area contributed by atoms with Gasteiger partial charge >= 0.3 is 0 Å². The number of hydrogen-bond donors (Lipinski definition) is 0. The summed E-state index contributed by atoms with van der Waals surface area (Å²) in [6.07, 6.45) is 31.2. The quantitative estimate of drug-likeness (QED) is 0.0367. The summed E-state index contributed by atoms with van der Waals surface area (Å²) in [5.41, 5.74) is 22.3. The summed E-state index contributed by atoms with van der Waals surface area (Å²) in [6.45, 7) is 20.7. The monoisotopic (exact) mass is 1490 g/mol. The number of hydrogen-bond acceptors (Lipinski definition) is 12. The van der Waals surface area contributed by atoms with E-state index in [1.807, 2.05) is 22.7 Å². The molecule has 5 aromatic heterocycles. The Kier molecular flexibility index (Phi) is 23.2. The molecule has 7 nitrogen and oxygen atoms in total. The van der Waals surface area contributed by atoms with Crippen LogP contribution in [-0.4, -0.2) is 41.8 Å². The Bertz CT molecular complexity index is 4680. The van der Waals surface area contributed by atoms with E-state index < -0.39 is 10.8 Å². The van der Waals surface area contributed by atoms with Crippen molar-refractivity contribution in [1.29, 1.82) is 0 Å². The van der Waals surface area contributed by atoms with Gasteiger partial charge in [0.15, 0.2) is 23.0 Å². The van der Waals surface area contributed by atoms with Crippen LogP contribution in [0.3, 0.4) is 0 Å². The van der Waals surface area contributed by atoms with Crippen molar-refractivity contribution in [2.45, 2.75) is 233 Å². The molecule has 0 unspecified atom stereocenters. The highest BCUT2D eigenvalue weighted by Gasteiger charge is 2.53. The minimum Gasteiger partial charge on any atom is -0.493 e. The lowest BCUT2D eigenvalue weighted by Gasteiger charge is -2.35. The Hall–Kier alpha value is -7.06. The molecule has 6 aromatic carbocycles. The maximum Gasteiger partial charge on any atom is 0.181 e. The third kappa shape index (κ3) is 14.0. The minimum atomic E-state index is -0.689. The molecule has 0 fully saturated rings. The zero-order valence-electron chi connectivity index (χ0n) is 63.4. The van der Waals surface area contributed by atoms with Gasteiger partial charge in [-0.25, -0.2) is 0 Å². The Morgan fingerprint density at radius 1 is 0.362 bits per heavy atom. The number of aryl methyl sites for hydroxylation is 6. The van der Waals surface area contributed by atoms with E-state index in [0.717, 1.165) is 119 Å². The molecule has 0 amide bonds. The van der Waals surface area contributed by atoms with Crippen LogP contribution in [0.2, 0.25) is 0 Å². The van der Waals surface area contributed by atoms with Crippen LogP contribution in [-0.2, 0) is 36.5 Å². The van der Waals surface area contributed by atoms with Crippen LogP contribution < -0.4 is 23.7 Å². The van der Waals surface area contributed by atoms with Crippen LogP contribution in [0.5, 0.6) is 28.7 Å². The number of thiophene rings is 4. The molecule has 0 bridgehead atoms. The third-order valence-electron chi connectivity index (χ3n) is 23.0. The van der Waals surface area contributed by atoms with Crippen LogP contribution in [0.4, 0.5) is 0 Å². The van der Waals surface area contributed by atoms with Crippen molar-refractivity contribution in [3.05, 3.63) is 203 Å². The highest BCUT2D eigenvalue weighted by Crippen LogP contribution is 2.68. The molecule has 12 heteroatoms. The van der Waals surface area contributed by atoms with Gasteiger partial charge in [-0.1, -0.05) is 241 Å². The number of aromatic nitrogens is 2. The van der Waals surface area contributed by atoms with Gasteiger partial charge in [-0.15, -0.1) is 45.3 Å². The van der Waals surface area contributed by atoms with E-state index in [4.69, 9.17) is 32.4 Å². The van der Waals surface area contributed by atoms with E-state index in [2.05, 4.69) is 177 Å². The molecule has 0 saturated heterocycles. The van der Waals surface area contributed by atoms with Gasteiger partial charge in [0.25, 0.3) is 0 Å². The molecule has 2 aliphatic heterocycles. The predicted octanol–water partition coefficient (Wildman–Crippen LogP) is 27.4. The van der Waals surface area contributed by atoms with Crippen molar-refractivity contribution in [2.24, 2.45) is 0 Å². The number of unbranched alkanes of at least 4 members (excludes halogenated alkanes) is 17. The van der Waals surface area contributed by atoms with E-state index in [0.29, 0.717) is 33.0 Å². The van der Waals surface area contributed by atoms with Crippen LogP contribution in [0.25, 0.3) is 62.6 Å². The summed E-state index contributed by atoms with van der Waals surface area (Å²) in [5.74, 6) is 3.96. The molecule has 7 heterocycles. The van der Waals surface area contributed by atoms with Crippen molar-refractivity contribution in [2.75, 3.05) is 33.0 Å². The molecule has 548 valence electrons. The van der Waals surface area contributed by atoms with Crippen molar-refractivity contribution < 1.29 is 23.7 Å². The summed E-state index contributed by atoms with van der Waals surface area (Å²) in [7, 11) is 0. The highest BCUT2D eigenvalue weighted by atomic mass is 32.1. The first-order valence-corrected chi connectivity index (χ1v) is 44.2. The lowest BCUT2D eigenvalue weighted by atomic mass is 9.65. The number of ether oxygens (including phenoxy) is 5. The van der Waals surface area contributed by atoms with Gasteiger partial charge < -0.3 is 23.7 Å². The van der Waals surface area contributed by atoms with Crippen molar-refractivity contribution in [3.8, 4) is 80.3 Å². The molecule has 4 aliphatic rings. The van der Waals surface area contributed by atoms with E-state index in [1.54, 1.807) is 22.7 Å². The number of fused-ring (bicyclic) bond motifs is 9. The normalized spacial score (nSPS) is 14.3. The van der Waals surface area contributed by atoms with Gasteiger partial charge in [0, 0.05) is 35.5 Å². The average molecular weight is 1490 g/mol. The minimum absolute atomic E-state index is 0.437. The van der Waals surface area contributed by atoms with Crippen LogP contribution in [0, 0.1) is 20.8 Å². The zero-order chi connectivity index (χ0) is 72.0. The molecule has 0 saturated carbocycles. The van der Waals surface area contributed by atoms with Crippen LogP contribution in [0.1, 0.15) is 258 Å². The van der Waals surface area contributed by atoms with Gasteiger partial charge in [-0.3, -0.25) is 0 Å². The average Bonchev–Trinajstić information content (AvgIpc) is 1.50. The smallest absolute Gasteiger partial charge is 0.181 e. The van der Waals surface area contributed by atoms with E-state index >= 15 is 0 Å². The van der Waals surface area contributed by atoms with Gasteiger partial charge in [0.05, 0.1) is 49.4 Å². The molecule has 2 aliphatic carbocycles. The largest absolute Gasteiger partial charge is 0.493 e. The van der Waals surface area contributed by atoms with E-state index in [9.17, 15) is 0 Å². The van der Waals surface area contributed by atoms with Crippen molar-refractivity contribution >= 4 is 68.1 Å². The van der Waals surface area contributed by atoms with Gasteiger partial charge in [0.1, 0.15) is 43.2 Å². The Morgan fingerprint density at radius 2 is 0.743 bits per heavy atom. The number of benzene rings is 6. The van der Waals surface area contributed by atoms with Gasteiger partial charge in [-0.2, -0.15) is 8.75 Å². The van der Waals surface area contributed by atoms with Crippen molar-refractivity contribution in [3.63, 3.8) is 0 Å². The summed E-state index contributed by atoms with van der Waals surface area (Å²) < 4.78 is 44.6. The number of rotatable bonds is 35. The molecule has 15 rings (SSSR count). The van der Waals surface area contributed by atoms with E-state index in [-0.39, 0.29) is 0 Å².